The molecule has 0 unspecified atom stereocenters. The second kappa shape index (κ2) is 9.83. The molecule has 4 aliphatic rings. The molecule has 0 radical (unpaired) electrons. The molecule has 0 aromatic heterocycles. The second-order valence-corrected chi connectivity index (χ2v) is 11.9. The van der Waals surface area contributed by atoms with Crippen molar-refractivity contribution in [2.24, 2.45) is 23.7 Å². The molecular formula is C34H31N3O6. The van der Waals surface area contributed by atoms with E-state index in [2.05, 4.69) is 10.7 Å². The lowest BCUT2D eigenvalue weighted by molar-refractivity contribution is -0.138. The molecule has 218 valence electrons. The van der Waals surface area contributed by atoms with E-state index < -0.39 is 46.8 Å². The SMILES string of the molecule is COc1cc(O)ccc1[C@H]1C2=CC[C@@H]3C(=O)NC(=O)[C@@H]3[C@@H]2C[C@H]2C(=O)N(Nc3ccc(C)cc3)C(=O)[C@@]12c1ccccc1. The number of hydrazine groups is 1. The van der Waals surface area contributed by atoms with E-state index in [0.29, 0.717) is 29.0 Å². The Labute approximate surface area is 248 Å². The number of ether oxygens (including phenoxy) is 1. The van der Waals surface area contributed by atoms with Crippen LogP contribution in [0, 0.1) is 30.6 Å². The number of nitrogens with zero attached hydrogens (tertiary/aromatic N) is 1. The van der Waals surface area contributed by atoms with Crippen molar-refractivity contribution in [3.8, 4) is 11.5 Å². The number of phenols is 1. The third kappa shape index (κ3) is 3.84. The molecule has 2 aliphatic heterocycles. The second-order valence-electron chi connectivity index (χ2n) is 11.9. The Kier molecular flexibility index (Phi) is 6.16. The van der Waals surface area contributed by atoms with Gasteiger partial charge < -0.3 is 9.84 Å². The van der Waals surface area contributed by atoms with Crippen molar-refractivity contribution in [2.45, 2.75) is 31.1 Å². The van der Waals surface area contributed by atoms with Crippen LogP contribution in [0.5, 0.6) is 11.5 Å². The fourth-order valence-electron chi connectivity index (χ4n) is 7.94. The molecule has 9 nitrogen and oxygen atoms in total. The number of fused-ring (bicyclic) bond motifs is 4. The van der Waals surface area contributed by atoms with Crippen LogP contribution in [0.4, 0.5) is 5.69 Å². The molecule has 7 rings (SSSR count). The number of benzene rings is 3. The third-order valence-corrected chi connectivity index (χ3v) is 9.76. The molecule has 43 heavy (non-hydrogen) atoms. The first kappa shape index (κ1) is 26.9. The molecule has 3 aromatic carbocycles. The lowest BCUT2D eigenvalue weighted by Gasteiger charge is -2.50. The fraction of sp³-hybridized carbons (Fsp3) is 0.294. The van der Waals surface area contributed by atoms with E-state index in [0.717, 1.165) is 16.1 Å². The van der Waals surface area contributed by atoms with E-state index in [1.165, 1.54) is 19.2 Å². The largest absolute Gasteiger partial charge is 0.508 e. The first-order valence-corrected chi connectivity index (χ1v) is 14.4. The minimum absolute atomic E-state index is 0.00628. The van der Waals surface area contributed by atoms with Crippen LogP contribution < -0.4 is 15.5 Å². The standard InChI is InChI=1S/C34H31N3O6/c1-18-8-10-20(11-9-18)36-37-32(41)26-17-25-22(14-15-24-28(25)31(40)35-30(24)39)29(23-13-12-21(38)16-27(23)43-2)34(26,33(37)42)19-6-4-3-5-7-19/h3-14,16,24-26,28-29,36,38H,15,17H2,1-2H3,(H,35,39,40)/t24-,25+,26-,28-,29+,34+/m0/s1. The van der Waals surface area contributed by atoms with Gasteiger partial charge in [0.2, 0.25) is 11.8 Å². The first-order valence-electron chi connectivity index (χ1n) is 14.4. The average Bonchev–Trinajstić information content (AvgIpc) is 3.42. The van der Waals surface area contributed by atoms with Gasteiger partial charge in [0.25, 0.3) is 11.8 Å². The maximum atomic E-state index is 15.0. The number of hydrogen-bond donors (Lipinski definition) is 3. The van der Waals surface area contributed by atoms with Crippen molar-refractivity contribution in [1.29, 1.82) is 0 Å². The minimum Gasteiger partial charge on any atom is -0.508 e. The molecular weight excluding hydrogens is 546 g/mol. The summed E-state index contributed by atoms with van der Waals surface area (Å²) in [6.45, 7) is 1.96. The third-order valence-electron chi connectivity index (χ3n) is 9.76. The Morgan fingerprint density at radius 3 is 2.42 bits per heavy atom. The number of anilines is 1. The quantitative estimate of drug-likeness (QED) is 0.310. The van der Waals surface area contributed by atoms with E-state index in [9.17, 15) is 19.5 Å². The molecule has 2 heterocycles. The summed E-state index contributed by atoms with van der Waals surface area (Å²) in [6, 6.07) is 21.5. The Balaban J connectivity index is 1.49. The smallest absolute Gasteiger partial charge is 0.260 e. The highest BCUT2D eigenvalue weighted by Gasteiger charge is 2.70. The summed E-state index contributed by atoms with van der Waals surface area (Å²) in [5.41, 5.74) is 5.42. The molecule has 2 saturated heterocycles. The van der Waals surface area contributed by atoms with Crippen molar-refractivity contribution in [1.82, 2.24) is 10.3 Å². The van der Waals surface area contributed by atoms with Crippen LogP contribution in [0.3, 0.4) is 0 Å². The Morgan fingerprint density at radius 1 is 0.953 bits per heavy atom. The highest BCUT2D eigenvalue weighted by molar-refractivity contribution is 6.13. The molecule has 3 N–H and O–H groups in total. The fourth-order valence-corrected chi connectivity index (χ4v) is 7.94. The number of phenolic OH excluding ortho intramolecular Hbond substituents is 1. The van der Waals surface area contributed by atoms with Crippen LogP contribution in [0.15, 0.2) is 84.4 Å². The number of nitrogens with one attached hydrogen (secondary N) is 2. The summed E-state index contributed by atoms with van der Waals surface area (Å²) < 4.78 is 5.76. The Morgan fingerprint density at radius 2 is 1.70 bits per heavy atom. The number of carbonyl (C=O) groups excluding carboxylic acids is 4. The van der Waals surface area contributed by atoms with Gasteiger partial charge in [0.05, 0.1) is 36.0 Å². The van der Waals surface area contributed by atoms with Gasteiger partial charge in [0.1, 0.15) is 11.5 Å². The molecule has 2 aliphatic carbocycles. The topological polar surface area (TPSA) is 125 Å². The van der Waals surface area contributed by atoms with E-state index in [1.54, 1.807) is 6.07 Å². The van der Waals surface area contributed by atoms with Crippen LogP contribution in [-0.4, -0.2) is 40.9 Å². The van der Waals surface area contributed by atoms with Crippen molar-refractivity contribution in [3.63, 3.8) is 0 Å². The number of rotatable bonds is 5. The van der Waals surface area contributed by atoms with Gasteiger partial charge in [-0.25, -0.2) is 0 Å². The normalized spacial score (nSPS) is 29.4. The number of imide groups is 2. The summed E-state index contributed by atoms with van der Waals surface area (Å²) in [6.07, 6.45) is 2.54. The molecule has 9 heteroatoms. The molecule has 6 atom stereocenters. The van der Waals surface area contributed by atoms with Crippen LogP contribution in [-0.2, 0) is 24.6 Å². The van der Waals surface area contributed by atoms with Gasteiger partial charge in [-0.15, -0.1) is 0 Å². The maximum Gasteiger partial charge on any atom is 0.260 e. The lowest BCUT2D eigenvalue weighted by Crippen LogP contribution is -2.53. The number of methoxy groups -OCH3 is 1. The Bertz CT molecular complexity index is 1700. The zero-order chi connectivity index (χ0) is 30.0. The highest BCUT2D eigenvalue weighted by Crippen LogP contribution is 2.64. The van der Waals surface area contributed by atoms with Gasteiger partial charge in [0, 0.05) is 17.5 Å². The van der Waals surface area contributed by atoms with Gasteiger partial charge in [0.15, 0.2) is 0 Å². The molecule has 4 amide bonds. The predicted molar refractivity (Wildman–Crippen MR) is 157 cm³/mol. The van der Waals surface area contributed by atoms with Crippen molar-refractivity contribution >= 4 is 29.3 Å². The van der Waals surface area contributed by atoms with Crippen molar-refractivity contribution < 1.29 is 29.0 Å². The highest BCUT2D eigenvalue weighted by atomic mass is 16.5. The van der Waals surface area contributed by atoms with Crippen molar-refractivity contribution in [2.75, 3.05) is 12.5 Å². The Hall–Kier alpha value is -4.92. The molecule has 0 spiro atoms. The summed E-state index contributed by atoms with van der Waals surface area (Å²) in [5, 5.41) is 14.0. The summed E-state index contributed by atoms with van der Waals surface area (Å²) >= 11 is 0. The number of aromatic hydroxyl groups is 1. The van der Waals surface area contributed by atoms with Gasteiger partial charge in [-0.1, -0.05) is 65.7 Å². The molecule has 3 fully saturated rings. The molecule has 0 bridgehead atoms. The van der Waals surface area contributed by atoms with Crippen LogP contribution in [0.2, 0.25) is 0 Å². The first-order chi connectivity index (χ1) is 20.7. The lowest BCUT2D eigenvalue weighted by atomic mass is 9.49. The van der Waals surface area contributed by atoms with E-state index in [4.69, 9.17) is 4.74 Å². The minimum atomic E-state index is -1.39. The molecule has 3 aromatic rings. The number of amides is 4. The van der Waals surface area contributed by atoms with E-state index in [1.807, 2.05) is 67.6 Å². The van der Waals surface area contributed by atoms with Crippen LogP contribution in [0.25, 0.3) is 0 Å². The zero-order valence-electron chi connectivity index (χ0n) is 23.7. The van der Waals surface area contributed by atoms with Gasteiger partial charge in [-0.05, 0) is 49.4 Å². The van der Waals surface area contributed by atoms with Gasteiger partial charge in [-0.2, -0.15) is 5.01 Å². The number of aryl methyl sites for hydroxylation is 1. The van der Waals surface area contributed by atoms with E-state index >= 15 is 4.79 Å². The number of hydrogen-bond acceptors (Lipinski definition) is 7. The van der Waals surface area contributed by atoms with Crippen LogP contribution in [0.1, 0.15) is 35.4 Å². The summed E-state index contributed by atoms with van der Waals surface area (Å²) in [5.74, 6) is -4.31. The number of carbonyl (C=O) groups is 4. The molecule has 1 saturated carbocycles. The average molecular weight is 578 g/mol. The van der Waals surface area contributed by atoms with Gasteiger partial charge in [-0.3, -0.25) is 29.9 Å². The maximum absolute atomic E-state index is 15.0. The van der Waals surface area contributed by atoms with Gasteiger partial charge >= 0.3 is 0 Å². The summed E-state index contributed by atoms with van der Waals surface area (Å²) in [4.78, 5) is 55.4. The predicted octanol–water partition coefficient (Wildman–Crippen LogP) is 3.98. The van der Waals surface area contributed by atoms with E-state index in [-0.39, 0.29) is 24.0 Å². The monoisotopic (exact) mass is 577 g/mol. The zero-order valence-corrected chi connectivity index (χ0v) is 23.7. The number of allylic oxidation sites excluding steroid dienone is 2. The van der Waals surface area contributed by atoms with Crippen molar-refractivity contribution in [3.05, 3.63) is 101 Å². The summed E-state index contributed by atoms with van der Waals surface area (Å²) in [7, 11) is 1.49. The van der Waals surface area contributed by atoms with Crippen LogP contribution >= 0.6 is 0 Å².